The van der Waals surface area contributed by atoms with Crippen molar-refractivity contribution < 1.29 is 0 Å². The van der Waals surface area contributed by atoms with Gasteiger partial charge in [0.15, 0.2) is 0 Å². The molecule has 0 unspecified atom stereocenters. The monoisotopic (exact) mass is 718 g/mol. The number of rotatable bonds is 4. The van der Waals surface area contributed by atoms with Gasteiger partial charge < -0.3 is 9.80 Å². The van der Waals surface area contributed by atoms with E-state index in [0.29, 0.717) is 0 Å². The van der Waals surface area contributed by atoms with Crippen molar-refractivity contribution in [3.63, 3.8) is 0 Å². The molecule has 8 aromatic rings. The van der Waals surface area contributed by atoms with Gasteiger partial charge in [0.25, 0.3) is 0 Å². The lowest BCUT2D eigenvalue weighted by atomic mass is 9.81. The standard InChI is InChI=1S/C54H42N2/c1-53(2)45-15-7-5-13-41(45)43-31-25-37(33-47(43)53)35-21-27-39(28-22-35)55-49-17-9-11-19-51(49)56(52-20-12-10-18-50(52)55)40-29-23-36(24-30-40)38-26-32-44-42-14-6-8-16-46(42)54(3,4)48(44)34-38/h5-34H,1-4H3. The first-order chi connectivity index (χ1) is 27.3. The van der Waals surface area contributed by atoms with Crippen molar-refractivity contribution in [2.45, 2.75) is 38.5 Å². The van der Waals surface area contributed by atoms with Gasteiger partial charge in [-0.3, -0.25) is 0 Å². The molecule has 0 aromatic heterocycles. The Labute approximate surface area is 330 Å². The van der Waals surface area contributed by atoms with Crippen LogP contribution in [0.3, 0.4) is 0 Å². The number of fused-ring (bicyclic) bond motifs is 8. The maximum Gasteiger partial charge on any atom is 0.0703 e. The zero-order chi connectivity index (χ0) is 37.8. The third-order valence-corrected chi connectivity index (χ3v) is 12.8. The number of nitrogens with zero attached hydrogens (tertiary/aromatic N) is 2. The van der Waals surface area contributed by atoms with E-state index in [2.05, 4.69) is 219 Å². The molecule has 268 valence electrons. The molecule has 1 aliphatic heterocycles. The Balaban J connectivity index is 0.930. The molecule has 3 aliphatic rings. The van der Waals surface area contributed by atoms with Crippen LogP contribution < -0.4 is 9.80 Å². The minimum Gasteiger partial charge on any atom is -0.306 e. The minimum atomic E-state index is -0.0265. The van der Waals surface area contributed by atoms with Crippen molar-refractivity contribution in [2.24, 2.45) is 0 Å². The van der Waals surface area contributed by atoms with Gasteiger partial charge in [-0.25, -0.2) is 0 Å². The van der Waals surface area contributed by atoms with Crippen molar-refractivity contribution in [3.05, 3.63) is 204 Å². The highest BCUT2D eigenvalue weighted by Crippen LogP contribution is 2.55. The van der Waals surface area contributed by atoms with E-state index < -0.39 is 0 Å². The molecule has 0 radical (unpaired) electrons. The first kappa shape index (κ1) is 32.8. The van der Waals surface area contributed by atoms with Crippen LogP contribution in [0, 0.1) is 0 Å². The summed E-state index contributed by atoms with van der Waals surface area (Å²) < 4.78 is 0. The van der Waals surface area contributed by atoms with Crippen molar-refractivity contribution in [3.8, 4) is 44.5 Å². The fourth-order valence-corrected chi connectivity index (χ4v) is 9.87. The molecule has 0 bridgehead atoms. The second-order valence-electron chi connectivity index (χ2n) is 16.6. The first-order valence-corrected chi connectivity index (χ1v) is 19.8. The maximum atomic E-state index is 2.41. The lowest BCUT2D eigenvalue weighted by Crippen LogP contribution is -2.23. The molecule has 0 fully saturated rings. The lowest BCUT2D eigenvalue weighted by Gasteiger charge is -2.40. The third kappa shape index (κ3) is 4.69. The average Bonchev–Trinajstić information content (AvgIpc) is 3.62. The molecule has 2 aliphatic carbocycles. The van der Waals surface area contributed by atoms with Gasteiger partial charge in [0.2, 0.25) is 0 Å². The molecular weight excluding hydrogens is 677 g/mol. The summed E-state index contributed by atoms with van der Waals surface area (Å²) in [6.45, 7) is 9.39. The predicted octanol–water partition coefficient (Wildman–Crippen LogP) is 14.9. The van der Waals surface area contributed by atoms with E-state index in [-0.39, 0.29) is 10.8 Å². The molecular formula is C54H42N2. The first-order valence-electron chi connectivity index (χ1n) is 19.8. The van der Waals surface area contributed by atoms with Gasteiger partial charge in [-0.2, -0.15) is 0 Å². The summed E-state index contributed by atoms with van der Waals surface area (Å²) in [4.78, 5) is 4.82. The van der Waals surface area contributed by atoms with Gasteiger partial charge in [0.05, 0.1) is 22.7 Å². The zero-order valence-corrected chi connectivity index (χ0v) is 32.2. The Kier molecular flexibility index (Phi) is 6.98. The van der Waals surface area contributed by atoms with Gasteiger partial charge in [-0.15, -0.1) is 0 Å². The number of para-hydroxylation sites is 4. The third-order valence-electron chi connectivity index (χ3n) is 12.8. The van der Waals surface area contributed by atoms with E-state index in [1.165, 1.54) is 66.8 Å². The number of anilines is 6. The average molecular weight is 719 g/mol. The van der Waals surface area contributed by atoms with Crippen molar-refractivity contribution >= 4 is 34.1 Å². The molecule has 2 heteroatoms. The normalized spacial score (nSPS) is 15.0. The van der Waals surface area contributed by atoms with Crippen molar-refractivity contribution in [1.29, 1.82) is 0 Å². The molecule has 0 N–H and O–H groups in total. The van der Waals surface area contributed by atoms with Crippen molar-refractivity contribution in [1.82, 2.24) is 0 Å². The van der Waals surface area contributed by atoms with Crippen LogP contribution in [0.2, 0.25) is 0 Å². The van der Waals surface area contributed by atoms with Crippen LogP contribution in [0.1, 0.15) is 49.9 Å². The topological polar surface area (TPSA) is 6.48 Å². The van der Waals surface area contributed by atoms with E-state index in [1.54, 1.807) is 0 Å². The van der Waals surface area contributed by atoms with Crippen LogP contribution in [-0.4, -0.2) is 0 Å². The molecule has 1 heterocycles. The van der Waals surface area contributed by atoms with Crippen LogP contribution >= 0.6 is 0 Å². The summed E-state index contributed by atoms with van der Waals surface area (Å²) in [7, 11) is 0. The molecule has 11 rings (SSSR count). The second-order valence-corrected chi connectivity index (χ2v) is 16.6. The second kappa shape index (κ2) is 11.9. The summed E-state index contributed by atoms with van der Waals surface area (Å²) in [5.41, 5.74) is 22.8. The summed E-state index contributed by atoms with van der Waals surface area (Å²) in [5.74, 6) is 0. The predicted molar refractivity (Wildman–Crippen MR) is 235 cm³/mol. The molecule has 2 nitrogen and oxygen atoms in total. The van der Waals surface area contributed by atoms with Crippen LogP contribution in [0.15, 0.2) is 182 Å². The smallest absolute Gasteiger partial charge is 0.0703 e. The van der Waals surface area contributed by atoms with Gasteiger partial charge >= 0.3 is 0 Å². The highest BCUT2D eigenvalue weighted by Gasteiger charge is 2.37. The molecule has 0 saturated heterocycles. The molecule has 0 spiro atoms. The van der Waals surface area contributed by atoms with E-state index in [4.69, 9.17) is 0 Å². The number of hydrogen-bond acceptors (Lipinski definition) is 2. The highest BCUT2D eigenvalue weighted by atomic mass is 15.3. The Morgan fingerprint density at radius 3 is 0.964 bits per heavy atom. The van der Waals surface area contributed by atoms with E-state index >= 15 is 0 Å². The zero-order valence-electron chi connectivity index (χ0n) is 32.2. The van der Waals surface area contributed by atoms with Crippen LogP contribution in [0.25, 0.3) is 44.5 Å². The lowest BCUT2D eigenvalue weighted by molar-refractivity contribution is 0.660. The molecule has 0 amide bonds. The van der Waals surface area contributed by atoms with E-state index in [1.807, 2.05) is 0 Å². The minimum absolute atomic E-state index is 0.0265. The van der Waals surface area contributed by atoms with Crippen molar-refractivity contribution in [2.75, 3.05) is 9.80 Å². The molecule has 0 atom stereocenters. The summed E-state index contributed by atoms with van der Waals surface area (Å²) in [6.07, 6.45) is 0. The number of benzene rings is 8. The molecule has 8 aromatic carbocycles. The molecule has 0 saturated carbocycles. The highest BCUT2D eigenvalue weighted by molar-refractivity contribution is 6.01. The van der Waals surface area contributed by atoms with Gasteiger partial charge in [-0.05, 0) is 127 Å². The fourth-order valence-electron chi connectivity index (χ4n) is 9.87. The van der Waals surface area contributed by atoms with E-state index in [9.17, 15) is 0 Å². The Morgan fingerprint density at radius 2 is 0.589 bits per heavy atom. The summed E-state index contributed by atoms with van der Waals surface area (Å²) >= 11 is 0. The molecule has 56 heavy (non-hydrogen) atoms. The van der Waals surface area contributed by atoms with Gasteiger partial charge in [-0.1, -0.05) is 149 Å². The van der Waals surface area contributed by atoms with Crippen LogP contribution in [0.4, 0.5) is 34.1 Å². The van der Waals surface area contributed by atoms with Gasteiger partial charge in [0, 0.05) is 22.2 Å². The largest absolute Gasteiger partial charge is 0.306 e. The van der Waals surface area contributed by atoms with E-state index in [0.717, 1.165) is 34.1 Å². The summed E-state index contributed by atoms with van der Waals surface area (Å²) in [6, 6.07) is 67.5. The maximum absolute atomic E-state index is 2.41. The van der Waals surface area contributed by atoms with Crippen LogP contribution in [0.5, 0.6) is 0 Å². The SMILES string of the molecule is CC1(C)c2ccccc2-c2ccc(-c3ccc(N4c5ccccc5N(c5ccc(-c6ccc7c(c6)C(C)(C)c6ccccc6-7)cc5)c5ccccc54)cc3)cc21. The van der Waals surface area contributed by atoms with Gasteiger partial charge in [0.1, 0.15) is 0 Å². The fraction of sp³-hybridized carbons (Fsp3) is 0.111. The Hall–Kier alpha value is -6.64. The van der Waals surface area contributed by atoms with Crippen LogP contribution in [-0.2, 0) is 10.8 Å². The summed E-state index contributed by atoms with van der Waals surface area (Å²) in [5, 5.41) is 0. The quantitative estimate of drug-likeness (QED) is 0.179. The number of hydrogen-bond donors (Lipinski definition) is 0. The Bertz CT molecular complexity index is 2610. The Morgan fingerprint density at radius 1 is 0.286 bits per heavy atom.